The van der Waals surface area contributed by atoms with Crippen LogP contribution < -0.4 is 11.2 Å². The molecular weight excluding hydrogens is 416 g/mol. The number of rotatable bonds is 4. The van der Waals surface area contributed by atoms with E-state index in [4.69, 9.17) is 10.2 Å². The van der Waals surface area contributed by atoms with Crippen LogP contribution in [-0.2, 0) is 11.1 Å². The lowest BCUT2D eigenvalue weighted by Crippen LogP contribution is -2.07. The summed E-state index contributed by atoms with van der Waals surface area (Å²) in [5.74, 6) is 0.115. The van der Waals surface area contributed by atoms with Gasteiger partial charge in [0.2, 0.25) is 5.50 Å². The number of benzene rings is 1. The number of hydrogen-bond acceptors (Lipinski definition) is 4. The summed E-state index contributed by atoms with van der Waals surface area (Å²) in [5.41, 5.74) is 6.13. The lowest BCUT2D eigenvalue weighted by atomic mass is 10.2. The van der Waals surface area contributed by atoms with Gasteiger partial charge in [-0.1, -0.05) is 13.8 Å². The Morgan fingerprint density at radius 1 is 1.44 bits per heavy atom. The first kappa shape index (κ1) is 18.1. The van der Waals surface area contributed by atoms with Gasteiger partial charge in [0.25, 0.3) is 0 Å². The lowest BCUT2D eigenvalue weighted by Gasteiger charge is -2.12. The van der Waals surface area contributed by atoms with Crippen LogP contribution in [0.1, 0.15) is 13.8 Å². The molecule has 1 aromatic carbocycles. The summed E-state index contributed by atoms with van der Waals surface area (Å²) in [7, 11) is -4.52. The smallest absolute Gasteiger partial charge is 0.391 e. The van der Waals surface area contributed by atoms with E-state index in [0.29, 0.717) is 22.4 Å². The minimum atomic E-state index is -4.52. The number of aromatic nitrogens is 2. The van der Waals surface area contributed by atoms with Gasteiger partial charge in [-0.25, -0.2) is 9.37 Å². The maximum atomic E-state index is 13.9. The van der Waals surface area contributed by atoms with Gasteiger partial charge in [0, 0.05) is 11.0 Å². The Labute approximate surface area is 150 Å². The van der Waals surface area contributed by atoms with Crippen molar-refractivity contribution in [3.63, 3.8) is 0 Å². The van der Waals surface area contributed by atoms with Crippen LogP contribution in [0.4, 0.5) is 10.1 Å². The number of furan rings is 1. The molecule has 0 aliphatic rings. The summed E-state index contributed by atoms with van der Waals surface area (Å²) in [6.07, 6.45) is 0. The number of imidazole rings is 1. The third-order valence-electron chi connectivity index (χ3n) is 3.61. The Kier molecular flexibility index (Phi) is 4.53. The summed E-state index contributed by atoms with van der Waals surface area (Å²) in [6, 6.07) is 3.89. The van der Waals surface area contributed by atoms with Gasteiger partial charge in [0.05, 0.1) is 11.2 Å². The quantitative estimate of drug-likeness (QED) is 0.431. The molecule has 0 atom stereocenters. The molecule has 0 saturated heterocycles. The first-order chi connectivity index (χ1) is 11.6. The summed E-state index contributed by atoms with van der Waals surface area (Å²) < 4.78 is 32.9. The monoisotopic (exact) mass is 431 g/mol. The SMILES string of the molecule is CC(C)Cn1c(-c2ccc(P(=O)(O)O)o2)nc2c(N)c(F)cc(Br)c21. The van der Waals surface area contributed by atoms with Gasteiger partial charge in [0.1, 0.15) is 11.3 Å². The number of nitrogens with zero attached hydrogens (tertiary/aromatic N) is 2. The topological polar surface area (TPSA) is 115 Å². The first-order valence-corrected chi connectivity index (χ1v) is 9.80. The second-order valence-electron chi connectivity index (χ2n) is 6.07. The number of nitrogens with two attached hydrogens (primary N) is 1. The molecule has 2 aromatic heterocycles. The highest BCUT2D eigenvalue weighted by Gasteiger charge is 2.26. The van der Waals surface area contributed by atoms with Gasteiger partial charge in [-0.05, 0) is 40.0 Å². The fourth-order valence-corrected chi connectivity index (χ4v) is 3.68. The molecule has 0 aliphatic carbocycles. The zero-order chi connectivity index (χ0) is 18.5. The third kappa shape index (κ3) is 3.25. The molecule has 0 saturated carbocycles. The van der Waals surface area contributed by atoms with E-state index in [9.17, 15) is 18.7 Å². The van der Waals surface area contributed by atoms with E-state index in [1.54, 1.807) is 4.57 Å². The van der Waals surface area contributed by atoms with E-state index in [0.717, 1.165) is 0 Å². The molecule has 2 heterocycles. The van der Waals surface area contributed by atoms with Crippen LogP contribution in [0.3, 0.4) is 0 Å². The fraction of sp³-hybridized carbons (Fsp3) is 0.267. The van der Waals surface area contributed by atoms with E-state index < -0.39 is 18.9 Å². The minimum absolute atomic E-state index is 0.0938. The van der Waals surface area contributed by atoms with Crippen LogP contribution in [0, 0.1) is 11.7 Å². The van der Waals surface area contributed by atoms with Crippen molar-refractivity contribution in [3.8, 4) is 11.6 Å². The maximum Gasteiger partial charge on any atom is 0.391 e. The average Bonchev–Trinajstić information content (AvgIpc) is 3.08. The summed E-state index contributed by atoms with van der Waals surface area (Å²) in [4.78, 5) is 22.9. The average molecular weight is 432 g/mol. The number of hydrogen-bond donors (Lipinski definition) is 3. The predicted molar refractivity (Wildman–Crippen MR) is 96.0 cm³/mol. The van der Waals surface area contributed by atoms with Gasteiger partial charge in [-0.2, -0.15) is 0 Å². The maximum absolute atomic E-state index is 13.9. The first-order valence-electron chi connectivity index (χ1n) is 7.39. The van der Waals surface area contributed by atoms with E-state index in [1.165, 1.54) is 18.2 Å². The van der Waals surface area contributed by atoms with Crippen LogP contribution in [0.25, 0.3) is 22.6 Å². The predicted octanol–water partition coefficient (Wildman–Crippen LogP) is 3.24. The highest BCUT2D eigenvalue weighted by atomic mass is 79.9. The highest BCUT2D eigenvalue weighted by Crippen LogP contribution is 2.38. The molecule has 134 valence electrons. The Hall–Kier alpha value is -1.67. The molecule has 3 aromatic rings. The second-order valence-corrected chi connectivity index (χ2v) is 8.46. The highest BCUT2D eigenvalue weighted by molar-refractivity contribution is 9.10. The molecule has 0 unspecified atom stereocenters. The van der Waals surface area contributed by atoms with Crippen molar-refractivity contribution < 1.29 is 23.2 Å². The van der Waals surface area contributed by atoms with E-state index >= 15 is 0 Å². The third-order valence-corrected chi connectivity index (χ3v) is 5.03. The minimum Gasteiger partial charge on any atom is -0.445 e. The Morgan fingerprint density at radius 3 is 2.68 bits per heavy atom. The molecule has 0 spiro atoms. The van der Waals surface area contributed by atoms with E-state index in [2.05, 4.69) is 20.9 Å². The molecule has 0 bridgehead atoms. The Morgan fingerprint density at radius 2 is 2.12 bits per heavy atom. The number of nitrogen functional groups attached to an aromatic ring is 1. The molecule has 3 rings (SSSR count). The van der Waals surface area contributed by atoms with Gasteiger partial charge in [-0.15, -0.1) is 0 Å². The van der Waals surface area contributed by atoms with Crippen molar-refractivity contribution in [3.05, 3.63) is 28.5 Å². The molecule has 25 heavy (non-hydrogen) atoms. The van der Waals surface area contributed by atoms with Crippen molar-refractivity contribution >= 4 is 45.7 Å². The zero-order valence-corrected chi connectivity index (χ0v) is 15.9. The van der Waals surface area contributed by atoms with Gasteiger partial charge >= 0.3 is 7.60 Å². The van der Waals surface area contributed by atoms with Crippen molar-refractivity contribution in [1.29, 1.82) is 0 Å². The van der Waals surface area contributed by atoms with Gasteiger partial charge in [-0.3, -0.25) is 4.57 Å². The van der Waals surface area contributed by atoms with Crippen molar-refractivity contribution in [2.75, 3.05) is 5.73 Å². The van der Waals surface area contributed by atoms with Crippen molar-refractivity contribution in [2.45, 2.75) is 20.4 Å². The molecule has 0 radical (unpaired) electrons. The van der Waals surface area contributed by atoms with E-state index in [1.807, 2.05) is 13.8 Å². The summed E-state index contributed by atoms with van der Waals surface area (Å²) in [6.45, 7) is 4.53. The fourth-order valence-electron chi connectivity index (χ4n) is 2.59. The van der Waals surface area contributed by atoms with Gasteiger partial charge < -0.3 is 24.5 Å². The molecule has 7 nitrogen and oxygen atoms in total. The van der Waals surface area contributed by atoms with E-state index in [-0.39, 0.29) is 22.9 Å². The summed E-state index contributed by atoms with van der Waals surface area (Å²) in [5, 5.41) is 0. The zero-order valence-electron chi connectivity index (χ0n) is 13.4. The molecule has 10 heteroatoms. The van der Waals surface area contributed by atoms with Crippen molar-refractivity contribution in [2.24, 2.45) is 5.92 Å². The standard InChI is InChI=1S/C15H16BrFN3O4P/c1-7(2)6-20-14-8(16)5-9(17)12(18)13(14)19-15(20)10-3-4-11(24-10)25(21,22)23/h3-5,7H,6,18H2,1-2H3,(H2,21,22,23). The van der Waals surface area contributed by atoms with Crippen LogP contribution in [0.15, 0.2) is 27.1 Å². The van der Waals surface area contributed by atoms with Crippen LogP contribution in [-0.4, -0.2) is 19.3 Å². The Bertz CT molecular complexity index is 1010. The van der Waals surface area contributed by atoms with Crippen LogP contribution >= 0.6 is 23.5 Å². The second kappa shape index (κ2) is 6.25. The van der Waals surface area contributed by atoms with Crippen molar-refractivity contribution in [1.82, 2.24) is 9.55 Å². The number of halogens is 2. The number of anilines is 1. The van der Waals surface area contributed by atoms with Crippen LogP contribution in [0.2, 0.25) is 0 Å². The summed E-state index contributed by atoms with van der Waals surface area (Å²) >= 11 is 3.33. The lowest BCUT2D eigenvalue weighted by molar-refractivity contribution is 0.377. The number of fused-ring (bicyclic) bond motifs is 1. The molecule has 4 N–H and O–H groups in total. The molecule has 0 fully saturated rings. The molecule has 0 aliphatic heterocycles. The molecular formula is C15H16BrFN3O4P. The van der Waals surface area contributed by atoms with Gasteiger partial charge in [0.15, 0.2) is 11.6 Å². The Balaban J connectivity index is 2.30. The largest absolute Gasteiger partial charge is 0.445 e. The molecule has 0 amide bonds. The van der Waals surface area contributed by atoms with Crippen LogP contribution in [0.5, 0.6) is 0 Å². The normalized spacial score (nSPS) is 12.4.